The highest BCUT2D eigenvalue weighted by molar-refractivity contribution is 6.03. The van der Waals surface area contributed by atoms with E-state index in [2.05, 4.69) is 0 Å². The summed E-state index contributed by atoms with van der Waals surface area (Å²) in [6.45, 7) is 6.70. The Kier molecular flexibility index (Phi) is 3.45. The second kappa shape index (κ2) is 4.88. The van der Waals surface area contributed by atoms with Crippen molar-refractivity contribution >= 4 is 17.3 Å². The van der Waals surface area contributed by atoms with Gasteiger partial charge in [0.2, 0.25) is 0 Å². The lowest BCUT2D eigenvalue weighted by atomic mass is 10.0. The highest BCUT2D eigenvalue weighted by atomic mass is 16.5. The van der Waals surface area contributed by atoms with Crippen LogP contribution in [0.3, 0.4) is 0 Å². The van der Waals surface area contributed by atoms with Crippen LogP contribution >= 0.6 is 0 Å². The van der Waals surface area contributed by atoms with Gasteiger partial charge in [0.15, 0.2) is 6.10 Å². The van der Waals surface area contributed by atoms with Crippen molar-refractivity contribution in [3.63, 3.8) is 0 Å². The summed E-state index contributed by atoms with van der Waals surface area (Å²) >= 11 is 0. The maximum atomic E-state index is 12.4. The molecule has 0 aromatic heterocycles. The summed E-state index contributed by atoms with van der Waals surface area (Å²) in [6.07, 6.45) is 0.482. The molecule has 0 spiro atoms. The van der Waals surface area contributed by atoms with Crippen molar-refractivity contribution in [2.45, 2.75) is 33.3 Å². The molecule has 18 heavy (non-hydrogen) atoms. The van der Waals surface area contributed by atoms with Crippen LogP contribution in [-0.4, -0.2) is 18.6 Å². The average molecular weight is 248 g/mol. The Labute approximate surface area is 108 Å². The van der Waals surface area contributed by atoms with E-state index in [9.17, 15) is 4.79 Å². The molecule has 2 N–H and O–H groups in total. The monoisotopic (exact) mass is 248 g/mol. The predicted octanol–water partition coefficient (Wildman–Crippen LogP) is 2.43. The van der Waals surface area contributed by atoms with Gasteiger partial charge in [-0.3, -0.25) is 4.79 Å². The Morgan fingerprint density at radius 3 is 2.78 bits per heavy atom. The smallest absolute Gasteiger partial charge is 0.268 e. The number of nitrogens with two attached hydrogens (primary N) is 1. The molecule has 1 aliphatic heterocycles. The minimum Gasteiger partial charge on any atom is -0.478 e. The molecule has 2 rings (SSSR count). The largest absolute Gasteiger partial charge is 0.478 e. The third-order valence-electron chi connectivity index (χ3n) is 3.12. The molecule has 0 aliphatic carbocycles. The first-order chi connectivity index (χ1) is 8.56. The zero-order chi connectivity index (χ0) is 13.3. The second-order valence-corrected chi connectivity index (χ2v) is 4.97. The first kappa shape index (κ1) is 12.7. The molecule has 4 nitrogen and oxygen atoms in total. The maximum Gasteiger partial charge on any atom is 0.268 e. The number of rotatable bonds is 3. The van der Waals surface area contributed by atoms with Crippen LogP contribution in [-0.2, 0) is 4.79 Å². The lowest BCUT2D eigenvalue weighted by Gasteiger charge is -2.36. The number of hydrogen-bond donors (Lipinski definition) is 1. The van der Waals surface area contributed by atoms with Crippen molar-refractivity contribution < 1.29 is 9.53 Å². The molecule has 1 aromatic carbocycles. The summed E-state index contributed by atoms with van der Waals surface area (Å²) < 4.78 is 5.79. The Balaban J connectivity index is 2.47. The zero-order valence-corrected chi connectivity index (χ0v) is 11.1. The van der Waals surface area contributed by atoms with Crippen molar-refractivity contribution in [2.75, 3.05) is 17.2 Å². The fourth-order valence-electron chi connectivity index (χ4n) is 2.24. The summed E-state index contributed by atoms with van der Waals surface area (Å²) in [5, 5.41) is 0. The van der Waals surface area contributed by atoms with Gasteiger partial charge in [0.05, 0.1) is 5.69 Å². The molecule has 1 atom stereocenters. The molecule has 0 radical (unpaired) electrons. The molecule has 1 aromatic rings. The molecule has 1 aliphatic rings. The Morgan fingerprint density at radius 1 is 1.44 bits per heavy atom. The number of fused-ring (bicyclic) bond motifs is 1. The average Bonchev–Trinajstić information content (AvgIpc) is 2.32. The molecule has 98 valence electrons. The van der Waals surface area contributed by atoms with Crippen LogP contribution < -0.4 is 15.4 Å². The first-order valence-corrected chi connectivity index (χ1v) is 6.42. The van der Waals surface area contributed by atoms with E-state index in [1.54, 1.807) is 11.0 Å². The van der Waals surface area contributed by atoms with Gasteiger partial charge in [0, 0.05) is 6.54 Å². The highest BCUT2D eigenvalue weighted by Crippen LogP contribution is 2.39. The Hall–Kier alpha value is -1.71. The van der Waals surface area contributed by atoms with Crippen LogP contribution in [0.5, 0.6) is 5.75 Å². The minimum atomic E-state index is -0.411. The first-order valence-electron chi connectivity index (χ1n) is 6.42. The van der Waals surface area contributed by atoms with E-state index in [0.717, 1.165) is 12.1 Å². The molecular weight excluding hydrogens is 228 g/mol. The van der Waals surface area contributed by atoms with Gasteiger partial charge < -0.3 is 15.4 Å². The number of benzene rings is 1. The van der Waals surface area contributed by atoms with Crippen molar-refractivity contribution in [3.8, 4) is 5.75 Å². The van der Waals surface area contributed by atoms with Gasteiger partial charge in [0.1, 0.15) is 11.4 Å². The van der Waals surface area contributed by atoms with Gasteiger partial charge in [-0.25, -0.2) is 0 Å². The van der Waals surface area contributed by atoms with E-state index >= 15 is 0 Å². The molecule has 1 heterocycles. The van der Waals surface area contributed by atoms with E-state index in [0.29, 0.717) is 18.0 Å². The van der Waals surface area contributed by atoms with E-state index in [1.165, 1.54) is 0 Å². The molecule has 1 amide bonds. The summed E-state index contributed by atoms with van der Waals surface area (Å²) in [5.74, 6) is 0.866. The van der Waals surface area contributed by atoms with Crippen molar-refractivity contribution in [1.82, 2.24) is 0 Å². The van der Waals surface area contributed by atoms with Crippen molar-refractivity contribution in [3.05, 3.63) is 18.2 Å². The molecule has 4 heteroatoms. The number of carbonyl (C=O) groups excluding carboxylic acids is 1. The van der Waals surface area contributed by atoms with E-state index < -0.39 is 6.10 Å². The third-order valence-corrected chi connectivity index (χ3v) is 3.12. The SMILES string of the molecule is CCCN1C(=O)C(C(C)C)Oc2cccc(N)c21. The van der Waals surface area contributed by atoms with Crippen LogP contribution in [0.4, 0.5) is 11.4 Å². The van der Waals surface area contributed by atoms with Crippen molar-refractivity contribution in [1.29, 1.82) is 0 Å². The highest BCUT2D eigenvalue weighted by Gasteiger charge is 2.36. The number of anilines is 2. The number of hydrogen-bond acceptors (Lipinski definition) is 3. The molecule has 0 saturated carbocycles. The van der Waals surface area contributed by atoms with Crippen LogP contribution in [0.1, 0.15) is 27.2 Å². The summed E-state index contributed by atoms with van der Waals surface area (Å²) in [4.78, 5) is 14.2. The number of carbonyl (C=O) groups is 1. The summed E-state index contributed by atoms with van der Waals surface area (Å²) in [7, 11) is 0. The van der Waals surface area contributed by atoms with E-state index in [4.69, 9.17) is 10.5 Å². The second-order valence-electron chi connectivity index (χ2n) is 4.97. The number of amides is 1. The molecule has 0 fully saturated rings. The number of ether oxygens (including phenoxy) is 1. The van der Waals surface area contributed by atoms with Crippen molar-refractivity contribution in [2.24, 2.45) is 5.92 Å². The predicted molar refractivity (Wildman–Crippen MR) is 72.8 cm³/mol. The normalized spacial score (nSPS) is 18.8. The zero-order valence-electron chi connectivity index (χ0n) is 11.1. The summed E-state index contributed by atoms with van der Waals surface area (Å²) in [5.41, 5.74) is 7.29. The van der Waals surface area contributed by atoms with Gasteiger partial charge >= 0.3 is 0 Å². The lowest BCUT2D eigenvalue weighted by Crippen LogP contribution is -2.48. The Morgan fingerprint density at radius 2 is 2.17 bits per heavy atom. The van der Waals surface area contributed by atoms with Crippen LogP contribution in [0, 0.1) is 5.92 Å². The lowest BCUT2D eigenvalue weighted by molar-refractivity contribution is -0.128. The molecule has 1 unspecified atom stereocenters. The van der Waals surface area contributed by atoms with Gasteiger partial charge in [-0.1, -0.05) is 26.8 Å². The molecule has 0 bridgehead atoms. The van der Waals surface area contributed by atoms with Gasteiger partial charge in [-0.15, -0.1) is 0 Å². The van der Waals surface area contributed by atoms with Crippen LogP contribution in [0.25, 0.3) is 0 Å². The molecule has 0 saturated heterocycles. The molecular formula is C14H20N2O2. The topological polar surface area (TPSA) is 55.6 Å². The summed E-state index contributed by atoms with van der Waals surface area (Å²) in [6, 6.07) is 5.52. The third kappa shape index (κ3) is 2.03. The number of nitrogens with zero attached hydrogens (tertiary/aromatic N) is 1. The fourth-order valence-corrected chi connectivity index (χ4v) is 2.24. The van der Waals surface area contributed by atoms with Gasteiger partial charge in [-0.05, 0) is 24.5 Å². The van der Waals surface area contributed by atoms with Crippen LogP contribution in [0.2, 0.25) is 0 Å². The number of para-hydroxylation sites is 1. The van der Waals surface area contributed by atoms with E-state index in [1.807, 2.05) is 32.9 Å². The van der Waals surface area contributed by atoms with Crippen LogP contribution in [0.15, 0.2) is 18.2 Å². The minimum absolute atomic E-state index is 0.0113. The maximum absolute atomic E-state index is 12.4. The fraction of sp³-hybridized carbons (Fsp3) is 0.500. The quantitative estimate of drug-likeness (QED) is 0.836. The van der Waals surface area contributed by atoms with Gasteiger partial charge in [0.25, 0.3) is 5.91 Å². The standard InChI is InChI=1S/C14H20N2O2/c1-4-8-16-12-10(15)6-5-7-11(12)18-13(9(2)3)14(16)17/h5-7,9,13H,4,8,15H2,1-3H3. The Bertz CT molecular complexity index is 457. The number of nitrogen functional groups attached to an aromatic ring is 1. The van der Waals surface area contributed by atoms with E-state index in [-0.39, 0.29) is 11.8 Å². The van der Waals surface area contributed by atoms with Gasteiger partial charge in [-0.2, -0.15) is 0 Å².